The van der Waals surface area contributed by atoms with Crippen molar-refractivity contribution < 1.29 is 9.59 Å². The van der Waals surface area contributed by atoms with Crippen LogP contribution in [0.5, 0.6) is 0 Å². The maximum atomic E-state index is 11.3. The molecule has 0 aliphatic carbocycles. The summed E-state index contributed by atoms with van der Waals surface area (Å²) in [4.78, 5) is 23.8. The standard InChI is InChI=1S/C9H12N2O2S2/c1-5(12)14-3-6-2-11-8(13)7(10)9(11)15-4-6/h2,7,9H,3-4,10H2,1H3/t7?,9-/m1/s1. The molecule has 82 valence electrons. The molecule has 6 heteroatoms. The first-order chi connectivity index (χ1) is 7.09. The van der Waals surface area contributed by atoms with Crippen LogP contribution in [0.4, 0.5) is 0 Å². The molecule has 1 fully saturated rings. The zero-order valence-electron chi connectivity index (χ0n) is 8.30. The van der Waals surface area contributed by atoms with E-state index in [0.717, 1.165) is 11.3 Å². The molecule has 2 aliphatic heterocycles. The second kappa shape index (κ2) is 4.19. The van der Waals surface area contributed by atoms with Gasteiger partial charge >= 0.3 is 0 Å². The lowest BCUT2D eigenvalue weighted by molar-refractivity contribution is -0.140. The van der Waals surface area contributed by atoms with Crippen LogP contribution >= 0.6 is 23.5 Å². The van der Waals surface area contributed by atoms with E-state index in [1.807, 2.05) is 6.20 Å². The number of amides is 1. The fourth-order valence-corrected chi connectivity index (χ4v) is 3.44. The van der Waals surface area contributed by atoms with Crippen LogP contribution in [0.1, 0.15) is 6.92 Å². The summed E-state index contributed by atoms with van der Waals surface area (Å²) in [6.07, 6.45) is 1.85. The van der Waals surface area contributed by atoms with Gasteiger partial charge in [-0.05, 0) is 5.57 Å². The minimum absolute atomic E-state index is 0.0162. The first-order valence-corrected chi connectivity index (χ1v) is 6.65. The highest BCUT2D eigenvalue weighted by molar-refractivity contribution is 8.13. The summed E-state index contributed by atoms with van der Waals surface area (Å²) in [5.74, 6) is 1.52. The number of nitrogens with zero attached hydrogens (tertiary/aromatic N) is 1. The molecule has 1 saturated heterocycles. The van der Waals surface area contributed by atoms with Gasteiger partial charge in [-0.2, -0.15) is 0 Å². The van der Waals surface area contributed by atoms with Gasteiger partial charge in [0.25, 0.3) is 0 Å². The average molecular weight is 244 g/mol. The maximum absolute atomic E-state index is 11.3. The number of nitrogens with two attached hydrogens (primary N) is 1. The Morgan fingerprint density at radius 3 is 3.20 bits per heavy atom. The van der Waals surface area contributed by atoms with Crippen molar-refractivity contribution >= 4 is 34.5 Å². The lowest BCUT2D eigenvalue weighted by Gasteiger charge is -2.45. The van der Waals surface area contributed by atoms with Gasteiger partial charge in [0.15, 0.2) is 5.12 Å². The van der Waals surface area contributed by atoms with E-state index >= 15 is 0 Å². The highest BCUT2D eigenvalue weighted by Crippen LogP contribution is 2.35. The van der Waals surface area contributed by atoms with E-state index in [-0.39, 0.29) is 22.4 Å². The molecule has 0 radical (unpaired) electrons. The predicted molar refractivity (Wildman–Crippen MR) is 62.3 cm³/mol. The molecule has 0 aromatic carbocycles. The highest BCUT2D eigenvalue weighted by atomic mass is 32.2. The molecule has 2 heterocycles. The summed E-state index contributed by atoms with van der Waals surface area (Å²) >= 11 is 2.95. The third-order valence-corrected chi connectivity index (χ3v) is 4.66. The monoisotopic (exact) mass is 244 g/mol. The predicted octanol–water partition coefficient (Wildman–Crippen LogP) is 0.392. The van der Waals surface area contributed by atoms with Crippen molar-refractivity contribution in [1.82, 2.24) is 4.90 Å². The van der Waals surface area contributed by atoms with E-state index < -0.39 is 0 Å². The van der Waals surface area contributed by atoms with Gasteiger partial charge in [0.1, 0.15) is 11.4 Å². The number of rotatable bonds is 2. The summed E-state index contributed by atoms with van der Waals surface area (Å²) < 4.78 is 0. The van der Waals surface area contributed by atoms with Crippen LogP contribution in [-0.2, 0) is 9.59 Å². The SMILES string of the molecule is CC(=O)SCC1=CN2C(=O)C(N)[C@H]2SC1. The molecule has 1 unspecified atom stereocenters. The summed E-state index contributed by atoms with van der Waals surface area (Å²) in [5.41, 5.74) is 6.77. The fourth-order valence-electron chi connectivity index (χ4n) is 1.53. The minimum Gasteiger partial charge on any atom is -0.317 e. The van der Waals surface area contributed by atoms with Crippen LogP contribution < -0.4 is 5.73 Å². The van der Waals surface area contributed by atoms with Crippen molar-refractivity contribution in [3.8, 4) is 0 Å². The maximum Gasteiger partial charge on any atom is 0.247 e. The summed E-state index contributed by atoms with van der Waals surface area (Å²) in [6.45, 7) is 1.55. The average Bonchev–Trinajstić information content (AvgIpc) is 2.24. The van der Waals surface area contributed by atoms with Crippen molar-refractivity contribution in [2.45, 2.75) is 18.3 Å². The van der Waals surface area contributed by atoms with Crippen molar-refractivity contribution in [2.75, 3.05) is 11.5 Å². The summed E-state index contributed by atoms with van der Waals surface area (Å²) in [5, 5.41) is 0.221. The van der Waals surface area contributed by atoms with Gasteiger partial charge in [-0.3, -0.25) is 9.59 Å². The molecule has 0 spiro atoms. The fraction of sp³-hybridized carbons (Fsp3) is 0.556. The Hall–Kier alpha value is -0.460. The van der Waals surface area contributed by atoms with E-state index in [1.165, 1.54) is 11.8 Å². The molecule has 2 rings (SSSR count). The number of carbonyl (C=O) groups excluding carboxylic acids is 2. The number of fused-ring (bicyclic) bond motifs is 1. The molecule has 0 saturated carbocycles. The van der Waals surface area contributed by atoms with Gasteiger partial charge < -0.3 is 10.6 Å². The second-order valence-electron chi connectivity index (χ2n) is 3.54. The Bertz CT molecular complexity index is 343. The Labute approximate surface area is 96.6 Å². The molecule has 2 N–H and O–H groups in total. The lowest BCUT2D eigenvalue weighted by Crippen LogP contribution is -2.66. The Morgan fingerprint density at radius 1 is 1.80 bits per heavy atom. The topological polar surface area (TPSA) is 63.4 Å². The summed E-state index contributed by atoms with van der Waals surface area (Å²) in [6, 6.07) is -0.340. The number of hydrogen-bond donors (Lipinski definition) is 1. The summed E-state index contributed by atoms with van der Waals surface area (Å²) in [7, 11) is 0. The largest absolute Gasteiger partial charge is 0.317 e. The van der Waals surface area contributed by atoms with Crippen molar-refractivity contribution in [1.29, 1.82) is 0 Å². The Kier molecular flexibility index (Phi) is 3.08. The van der Waals surface area contributed by atoms with Gasteiger partial charge in [-0.15, -0.1) is 11.8 Å². The van der Waals surface area contributed by atoms with Gasteiger partial charge in [0.2, 0.25) is 5.91 Å². The van der Waals surface area contributed by atoms with E-state index in [2.05, 4.69) is 0 Å². The zero-order chi connectivity index (χ0) is 11.0. The number of hydrogen-bond acceptors (Lipinski definition) is 5. The Balaban J connectivity index is 1.96. The van der Waals surface area contributed by atoms with Gasteiger partial charge in [0, 0.05) is 24.6 Å². The van der Waals surface area contributed by atoms with Crippen LogP contribution in [0.15, 0.2) is 11.8 Å². The Morgan fingerprint density at radius 2 is 2.53 bits per heavy atom. The number of thioether (sulfide) groups is 2. The molecular formula is C9H12N2O2S2. The van der Waals surface area contributed by atoms with Gasteiger partial charge in [-0.25, -0.2) is 0 Å². The van der Waals surface area contributed by atoms with Gasteiger partial charge in [0.05, 0.1) is 0 Å². The smallest absolute Gasteiger partial charge is 0.247 e. The van der Waals surface area contributed by atoms with Crippen molar-refractivity contribution in [3.05, 3.63) is 11.8 Å². The number of β-lactam (4-membered cyclic amide) rings is 1. The van der Waals surface area contributed by atoms with E-state index in [1.54, 1.807) is 23.6 Å². The normalized spacial score (nSPS) is 29.3. The quantitative estimate of drug-likeness (QED) is 0.712. The molecule has 2 aliphatic rings. The van der Waals surface area contributed by atoms with Gasteiger partial charge in [-0.1, -0.05) is 11.8 Å². The van der Waals surface area contributed by atoms with Crippen LogP contribution in [0.3, 0.4) is 0 Å². The molecule has 2 atom stereocenters. The van der Waals surface area contributed by atoms with E-state index in [9.17, 15) is 9.59 Å². The second-order valence-corrected chi connectivity index (χ2v) is 5.80. The highest BCUT2D eigenvalue weighted by Gasteiger charge is 2.46. The third-order valence-electron chi connectivity index (χ3n) is 2.34. The van der Waals surface area contributed by atoms with Crippen LogP contribution in [0.25, 0.3) is 0 Å². The molecule has 0 aromatic heterocycles. The van der Waals surface area contributed by atoms with Crippen molar-refractivity contribution in [2.24, 2.45) is 5.73 Å². The zero-order valence-corrected chi connectivity index (χ0v) is 9.94. The molecule has 0 bridgehead atoms. The molecule has 15 heavy (non-hydrogen) atoms. The molecular weight excluding hydrogens is 232 g/mol. The van der Waals surface area contributed by atoms with E-state index in [4.69, 9.17) is 5.73 Å². The van der Waals surface area contributed by atoms with Crippen LogP contribution in [0.2, 0.25) is 0 Å². The molecule has 4 nitrogen and oxygen atoms in total. The lowest BCUT2D eigenvalue weighted by atomic mass is 10.1. The van der Waals surface area contributed by atoms with Crippen LogP contribution in [-0.4, -0.2) is 38.8 Å². The van der Waals surface area contributed by atoms with E-state index in [0.29, 0.717) is 5.75 Å². The molecule has 0 aromatic rings. The van der Waals surface area contributed by atoms with Crippen LogP contribution in [0, 0.1) is 0 Å². The first-order valence-electron chi connectivity index (χ1n) is 4.62. The third kappa shape index (κ3) is 2.07. The van der Waals surface area contributed by atoms with Crippen molar-refractivity contribution in [3.63, 3.8) is 0 Å². The minimum atomic E-state index is -0.340. The number of carbonyl (C=O) groups is 2. The first kappa shape index (κ1) is 11.0. The molecule has 1 amide bonds.